The Morgan fingerprint density at radius 2 is 2.26 bits per heavy atom. The van der Waals surface area contributed by atoms with Crippen molar-refractivity contribution in [3.63, 3.8) is 0 Å². The zero-order valence-corrected chi connectivity index (χ0v) is 13.3. The first-order chi connectivity index (χ1) is 11.1. The fraction of sp³-hybridized carbons (Fsp3) is 0.133. The third-order valence-electron chi connectivity index (χ3n) is 3.01. The van der Waals surface area contributed by atoms with Crippen LogP contribution < -0.4 is 5.32 Å². The van der Waals surface area contributed by atoms with Crippen molar-refractivity contribution in [2.45, 2.75) is 13.0 Å². The molecule has 8 heteroatoms. The molecule has 2 heterocycles. The van der Waals surface area contributed by atoms with Crippen molar-refractivity contribution in [1.82, 2.24) is 15.5 Å². The van der Waals surface area contributed by atoms with Gasteiger partial charge in [-0.15, -0.1) is 11.3 Å². The van der Waals surface area contributed by atoms with E-state index in [1.165, 1.54) is 23.5 Å². The van der Waals surface area contributed by atoms with Crippen molar-refractivity contribution >= 4 is 28.8 Å². The van der Waals surface area contributed by atoms with Crippen molar-refractivity contribution < 1.29 is 13.7 Å². The van der Waals surface area contributed by atoms with Crippen molar-refractivity contribution in [3.8, 4) is 10.7 Å². The average molecular weight is 352 g/mol. The van der Waals surface area contributed by atoms with Crippen LogP contribution in [0.15, 0.2) is 40.2 Å². The molecule has 1 N–H and O–H groups in total. The zero-order valence-electron chi connectivity index (χ0n) is 11.8. The van der Waals surface area contributed by atoms with Gasteiger partial charge in [-0.3, -0.25) is 4.79 Å². The summed E-state index contributed by atoms with van der Waals surface area (Å²) in [6.07, 6.45) is -0.0884. The summed E-state index contributed by atoms with van der Waals surface area (Å²) < 4.78 is 18.7. The number of carbonyl (C=O) groups excluding carboxylic acids is 1. The quantitative estimate of drug-likeness (QED) is 0.764. The second kappa shape index (κ2) is 6.89. The number of benzene rings is 1. The van der Waals surface area contributed by atoms with E-state index in [9.17, 15) is 9.18 Å². The van der Waals surface area contributed by atoms with Crippen LogP contribution in [-0.2, 0) is 17.8 Å². The Bertz CT molecular complexity index is 820. The Hall–Kier alpha value is -2.25. The maximum absolute atomic E-state index is 13.6. The molecule has 0 saturated heterocycles. The summed E-state index contributed by atoms with van der Waals surface area (Å²) in [5.74, 6) is -0.0844. The molecule has 0 fully saturated rings. The van der Waals surface area contributed by atoms with Gasteiger partial charge in [0.2, 0.25) is 17.6 Å². The molecule has 118 valence electrons. The molecule has 1 amide bonds. The van der Waals surface area contributed by atoms with Gasteiger partial charge in [-0.2, -0.15) is 4.98 Å². The van der Waals surface area contributed by atoms with E-state index in [4.69, 9.17) is 16.1 Å². The van der Waals surface area contributed by atoms with E-state index in [1.54, 1.807) is 6.07 Å². The molecule has 0 unspecified atom stereocenters. The molecule has 0 aliphatic rings. The van der Waals surface area contributed by atoms with Gasteiger partial charge < -0.3 is 9.84 Å². The molecule has 0 saturated carbocycles. The molecule has 5 nitrogen and oxygen atoms in total. The largest absolute Gasteiger partial charge is 0.347 e. The maximum atomic E-state index is 13.6. The van der Waals surface area contributed by atoms with E-state index in [0.717, 1.165) is 4.88 Å². The molecule has 1 aromatic carbocycles. The second-order valence-corrected chi connectivity index (χ2v) is 6.06. The predicted molar refractivity (Wildman–Crippen MR) is 84.6 cm³/mol. The number of thiophene rings is 1. The molecule has 3 aromatic rings. The summed E-state index contributed by atoms with van der Waals surface area (Å²) in [7, 11) is 0. The minimum absolute atomic E-state index is 0.0884. The molecule has 0 bridgehead atoms. The summed E-state index contributed by atoms with van der Waals surface area (Å²) in [6.45, 7) is 0.0897. The fourth-order valence-corrected chi connectivity index (χ4v) is 2.72. The lowest BCUT2D eigenvalue weighted by atomic mass is 10.1. The van der Waals surface area contributed by atoms with Crippen LogP contribution in [0.5, 0.6) is 0 Å². The van der Waals surface area contributed by atoms with Gasteiger partial charge in [-0.05, 0) is 29.1 Å². The number of halogens is 2. The lowest BCUT2D eigenvalue weighted by Gasteiger charge is -2.04. The molecule has 0 aliphatic heterocycles. The molecule has 23 heavy (non-hydrogen) atoms. The number of hydrogen-bond donors (Lipinski definition) is 1. The highest BCUT2D eigenvalue weighted by Crippen LogP contribution is 2.21. The summed E-state index contributed by atoms with van der Waals surface area (Å²) in [5, 5.41) is 8.66. The van der Waals surface area contributed by atoms with Crippen molar-refractivity contribution in [3.05, 3.63) is 58.0 Å². The van der Waals surface area contributed by atoms with E-state index in [0.29, 0.717) is 16.7 Å². The van der Waals surface area contributed by atoms with Gasteiger partial charge in [-0.25, -0.2) is 4.39 Å². The molecule has 0 spiro atoms. The third kappa shape index (κ3) is 3.94. The van der Waals surface area contributed by atoms with Crippen LogP contribution in [0, 0.1) is 5.82 Å². The van der Waals surface area contributed by atoms with E-state index in [2.05, 4.69) is 15.5 Å². The number of carbonyl (C=O) groups is 1. The summed E-state index contributed by atoms with van der Waals surface area (Å²) in [5.41, 5.74) is 0.275. The maximum Gasteiger partial charge on any atom is 0.246 e. The Labute approximate surface area is 140 Å². The summed E-state index contributed by atoms with van der Waals surface area (Å²) in [4.78, 5) is 16.9. The van der Waals surface area contributed by atoms with Crippen LogP contribution in [0.3, 0.4) is 0 Å². The SMILES string of the molecule is O=C(Cc1ccc(Cl)cc1F)NCc1nc(-c2cccs2)no1. The molecular formula is C15H11ClFN3O2S. The van der Waals surface area contributed by atoms with Crippen molar-refractivity contribution in [2.24, 2.45) is 0 Å². The summed E-state index contributed by atoms with van der Waals surface area (Å²) in [6, 6.07) is 7.96. The molecule has 0 radical (unpaired) electrons. The van der Waals surface area contributed by atoms with Crippen molar-refractivity contribution in [2.75, 3.05) is 0 Å². The third-order valence-corrected chi connectivity index (χ3v) is 4.11. The second-order valence-electron chi connectivity index (χ2n) is 4.68. The topological polar surface area (TPSA) is 68.0 Å². The van der Waals surface area contributed by atoms with Gasteiger partial charge >= 0.3 is 0 Å². The molecular weight excluding hydrogens is 341 g/mol. The van der Waals surface area contributed by atoms with Gasteiger partial charge in [0.05, 0.1) is 17.8 Å². The lowest BCUT2D eigenvalue weighted by Crippen LogP contribution is -2.25. The van der Waals surface area contributed by atoms with Gasteiger partial charge in [0.25, 0.3) is 0 Å². The number of hydrogen-bond acceptors (Lipinski definition) is 5. The first kappa shape index (κ1) is 15.6. The van der Waals surface area contributed by atoms with Crippen LogP contribution in [0.1, 0.15) is 11.5 Å². The van der Waals surface area contributed by atoms with Crippen LogP contribution in [0.25, 0.3) is 10.7 Å². The number of nitrogens with zero attached hydrogens (tertiary/aromatic N) is 2. The fourth-order valence-electron chi connectivity index (χ4n) is 1.91. The first-order valence-electron chi connectivity index (χ1n) is 6.69. The number of nitrogens with one attached hydrogen (secondary N) is 1. The number of aromatic nitrogens is 2. The van der Waals surface area contributed by atoms with Crippen LogP contribution in [0.4, 0.5) is 4.39 Å². The van der Waals surface area contributed by atoms with E-state index in [-0.39, 0.29) is 24.4 Å². The van der Waals surface area contributed by atoms with Crippen LogP contribution >= 0.6 is 22.9 Å². The van der Waals surface area contributed by atoms with Gasteiger partial charge in [0, 0.05) is 5.02 Å². The average Bonchev–Trinajstić information content (AvgIpc) is 3.18. The molecule has 2 aromatic heterocycles. The smallest absolute Gasteiger partial charge is 0.246 e. The van der Waals surface area contributed by atoms with Gasteiger partial charge in [0.1, 0.15) is 5.82 Å². The number of rotatable bonds is 5. The Morgan fingerprint density at radius 1 is 1.39 bits per heavy atom. The Morgan fingerprint density at radius 3 is 3.00 bits per heavy atom. The van der Waals surface area contributed by atoms with Gasteiger partial charge in [0.15, 0.2) is 0 Å². The Kier molecular flexibility index (Phi) is 4.68. The van der Waals surface area contributed by atoms with Crippen molar-refractivity contribution in [1.29, 1.82) is 0 Å². The predicted octanol–water partition coefficient (Wildman–Crippen LogP) is 3.45. The van der Waals surface area contributed by atoms with Crippen LogP contribution in [-0.4, -0.2) is 16.0 Å². The van der Waals surface area contributed by atoms with E-state index < -0.39 is 5.82 Å². The minimum atomic E-state index is -0.509. The molecule has 3 rings (SSSR count). The van der Waals surface area contributed by atoms with Gasteiger partial charge in [-0.1, -0.05) is 28.9 Å². The zero-order chi connectivity index (χ0) is 16.2. The highest BCUT2D eigenvalue weighted by atomic mass is 35.5. The molecule has 0 aliphatic carbocycles. The Balaban J connectivity index is 1.57. The van der Waals surface area contributed by atoms with Crippen LogP contribution in [0.2, 0.25) is 5.02 Å². The highest BCUT2D eigenvalue weighted by Gasteiger charge is 2.12. The highest BCUT2D eigenvalue weighted by molar-refractivity contribution is 7.13. The van der Waals surface area contributed by atoms with E-state index in [1.807, 2.05) is 17.5 Å². The molecule has 0 atom stereocenters. The standard InChI is InChI=1S/C15H11ClFN3O2S/c16-10-4-3-9(11(17)7-10)6-13(21)18-8-14-19-15(20-22-14)12-2-1-5-23-12/h1-5,7H,6,8H2,(H,18,21). The lowest BCUT2D eigenvalue weighted by molar-refractivity contribution is -0.120. The number of amides is 1. The summed E-state index contributed by atoms with van der Waals surface area (Å²) >= 11 is 7.17. The first-order valence-corrected chi connectivity index (χ1v) is 7.94. The minimum Gasteiger partial charge on any atom is -0.347 e. The van der Waals surface area contributed by atoms with E-state index >= 15 is 0 Å². The normalized spacial score (nSPS) is 10.7. The monoisotopic (exact) mass is 351 g/mol.